The van der Waals surface area contributed by atoms with Gasteiger partial charge in [0.1, 0.15) is 11.5 Å². The van der Waals surface area contributed by atoms with E-state index in [0.29, 0.717) is 24.6 Å². The van der Waals surface area contributed by atoms with E-state index >= 15 is 0 Å². The molecule has 0 aliphatic rings. The lowest BCUT2D eigenvalue weighted by Gasteiger charge is -2.20. The fourth-order valence-electron chi connectivity index (χ4n) is 2.88. The van der Waals surface area contributed by atoms with Gasteiger partial charge in [0.05, 0.1) is 16.7 Å². The van der Waals surface area contributed by atoms with E-state index < -0.39 is 15.9 Å². The van der Waals surface area contributed by atoms with Crippen LogP contribution in [0.4, 0.5) is 5.69 Å². The number of sulfonamides is 1. The highest BCUT2D eigenvalue weighted by molar-refractivity contribution is 7.89. The van der Waals surface area contributed by atoms with E-state index in [-0.39, 0.29) is 23.3 Å². The van der Waals surface area contributed by atoms with Crippen LogP contribution >= 0.6 is 0 Å². The minimum absolute atomic E-state index is 0.0946. The molecular formula is C22H30N2O5S. The van der Waals surface area contributed by atoms with Crippen molar-refractivity contribution < 1.29 is 22.7 Å². The third kappa shape index (κ3) is 6.21. The van der Waals surface area contributed by atoms with Gasteiger partial charge in [-0.05, 0) is 56.7 Å². The molecule has 0 aliphatic heterocycles. The van der Waals surface area contributed by atoms with Crippen molar-refractivity contribution in [1.82, 2.24) is 4.31 Å². The minimum atomic E-state index is -3.67. The fourth-order valence-corrected chi connectivity index (χ4v) is 4.36. The number of rotatable bonds is 10. The van der Waals surface area contributed by atoms with Crippen LogP contribution in [0.1, 0.15) is 33.3 Å². The summed E-state index contributed by atoms with van der Waals surface area (Å²) in [5.74, 6) is 0.566. The zero-order chi connectivity index (χ0) is 22.3. The molecule has 0 bridgehead atoms. The highest BCUT2D eigenvalue weighted by Crippen LogP contribution is 2.30. The summed E-state index contributed by atoms with van der Waals surface area (Å²) in [7, 11) is -3.67. The number of aryl methyl sites for hydroxylation is 1. The number of carbonyl (C=O) groups excluding carboxylic acids is 1. The summed E-state index contributed by atoms with van der Waals surface area (Å²) < 4.78 is 38.3. The molecule has 2 rings (SSSR count). The van der Waals surface area contributed by atoms with Gasteiger partial charge in [-0.25, -0.2) is 8.42 Å². The smallest absolute Gasteiger partial charge is 0.262 e. The lowest BCUT2D eigenvalue weighted by molar-refractivity contribution is -0.118. The third-order valence-corrected chi connectivity index (χ3v) is 6.34. The van der Waals surface area contributed by atoms with E-state index in [2.05, 4.69) is 5.32 Å². The molecule has 1 N–H and O–H groups in total. The number of carbonyl (C=O) groups is 1. The number of anilines is 1. The Balaban J connectivity index is 2.25. The molecule has 30 heavy (non-hydrogen) atoms. The quantitative estimate of drug-likeness (QED) is 0.614. The first-order valence-electron chi connectivity index (χ1n) is 9.97. The molecule has 0 saturated carbocycles. The third-order valence-electron chi connectivity index (χ3n) is 4.29. The molecular weight excluding hydrogens is 404 g/mol. The molecule has 0 aromatic heterocycles. The van der Waals surface area contributed by atoms with Gasteiger partial charge in [-0.3, -0.25) is 4.79 Å². The second-order valence-electron chi connectivity index (χ2n) is 7.07. The normalized spacial score (nSPS) is 11.6. The topological polar surface area (TPSA) is 84.9 Å². The molecule has 0 fully saturated rings. The molecule has 7 nitrogen and oxygen atoms in total. The van der Waals surface area contributed by atoms with Gasteiger partial charge in [-0.2, -0.15) is 4.31 Å². The van der Waals surface area contributed by atoms with Gasteiger partial charge in [0.25, 0.3) is 5.91 Å². The van der Waals surface area contributed by atoms with Crippen LogP contribution in [-0.2, 0) is 14.8 Å². The minimum Gasteiger partial charge on any atom is -0.489 e. The molecule has 0 unspecified atom stereocenters. The summed E-state index contributed by atoms with van der Waals surface area (Å²) in [6.07, 6.45) is -0.144. The highest BCUT2D eigenvalue weighted by Gasteiger charge is 2.23. The monoisotopic (exact) mass is 434 g/mol. The van der Waals surface area contributed by atoms with E-state index in [1.165, 1.54) is 16.4 Å². The van der Waals surface area contributed by atoms with Crippen LogP contribution in [0.3, 0.4) is 0 Å². The Labute approximate surface area is 179 Å². The van der Waals surface area contributed by atoms with Crippen molar-refractivity contribution in [1.29, 1.82) is 0 Å². The summed E-state index contributed by atoms with van der Waals surface area (Å²) in [5.41, 5.74) is 1.31. The Hall–Kier alpha value is -2.58. The molecule has 0 spiro atoms. The number of hydrogen-bond donors (Lipinski definition) is 1. The van der Waals surface area contributed by atoms with Gasteiger partial charge >= 0.3 is 0 Å². The van der Waals surface area contributed by atoms with Crippen LogP contribution in [0, 0.1) is 6.92 Å². The molecule has 8 heteroatoms. The Morgan fingerprint density at radius 2 is 1.80 bits per heavy atom. The first-order chi connectivity index (χ1) is 14.2. The molecule has 164 valence electrons. The number of nitrogens with one attached hydrogen (secondary N) is 1. The van der Waals surface area contributed by atoms with Crippen molar-refractivity contribution in [3.05, 3.63) is 48.0 Å². The van der Waals surface area contributed by atoms with Crippen LogP contribution in [-0.4, -0.2) is 44.4 Å². The Morgan fingerprint density at radius 3 is 2.40 bits per heavy atom. The van der Waals surface area contributed by atoms with Crippen LogP contribution in [0.5, 0.6) is 11.5 Å². The summed E-state index contributed by atoms with van der Waals surface area (Å²) in [6.45, 7) is 9.71. The van der Waals surface area contributed by atoms with E-state index in [0.717, 1.165) is 5.56 Å². The van der Waals surface area contributed by atoms with Gasteiger partial charge < -0.3 is 14.8 Å². The number of hydrogen-bond acceptors (Lipinski definition) is 5. The van der Waals surface area contributed by atoms with Gasteiger partial charge in [-0.1, -0.05) is 26.0 Å². The number of nitrogens with zero attached hydrogens (tertiary/aromatic N) is 1. The zero-order valence-electron chi connectivity index (χ0n) is 18.1. The molecule has 0 atom stereocenters. The SMILES string of the molecule is CCN(CC)S(=O)(=O)c1ccc(OC(C)C)c(NC(=O)COc2cccc(C)c2)c1. The van der Waals surface area contributed by atoms with Crippen molar-refractivity contribution in [3.8, 4) is 11.5 Å². The van der Waals surface area contributed by atoms with Crippen LogP contribution in [0.2, 0.25) is 0 Å². The van der Waals surface area contributed by atoms with Crippen LogP contribution < -0.4 is 14.8 Å². The van der Waals surface area contributed by atoms with Crippen molar-refractivity contribution in [2.24, 2.45) is 0 Å². The lowest BCUT2D eigenvalue weighted by Crippen LogP contribution is -2.30. The number of amides is 1. The Bertz CT molecular complexity index is 969. The van der Waals surface area contributed by atoms with E-state index in [1.807, 2.05) is 39.0 Å². The molecule has 0 aliphatic carbocycles. The molecule has 2 aromatic rings. The van der Waals surface area contributed by atoms with Gasteiger partial charge in [0.2, 0.25) is 10.0 Å². The van der Waals surface area contributed by atoms with Crippen molar-refractivity contribution in [3.63, 3.8) is 0 Å². The molecule has 1 amide bonds. The largest absolute Gasteiger partial charge is 0.489 e. The zero-order valence-corrected chi connectivity index (χ0v) is 19.0. The van der Waals surface area contributed by atoms with Gasteiger partial charge in [-0.15, -0.1) is 0 Å². The van der Waals surface area contributed by atoms with E-state index in [1.54, 1.807) is 26.0 Å². The fraction of sp³-hybridized carbons (Fsp3) is 0.409. The van der Waals surface area contributed by atoms with Crippen molar-refractivity contribution in [2.45, 2.75) is 45.6 Å². The van der Waals surface area contributed by atoms with Crippen LogP contribution in [0.25, 0.3) is 0 Å². The predicted octanol–water partition coefficient (Wildman–Crippen LogP) is 3.83. The first-order valence-corrected chi connectivity index (χ1v) is 11.4. The lowest BCUT2D eigenvalue weighted by atomic mass is 10.2. The van der Waals surface area contributed by atoms with Crippen molar-refractivity contribution in [2.75, 3.05) is 25.0 Å². The van der Waals surface area contributed by atoms with Crippen LogP contribution in [0.15, 0.2) is 47.4 Å². The predicted molar refractivity (Wildman–Crippen MR) is 118 cm³/mol. The maximum Gasteiger partial charge on any atom is 0.262 e. The maximum absolute atomic E-state index is 12.9. The van der Waals surface area contributed by atoms with E-state index in [4.69, 9.17) is 9.47 Å². The first kappa shape index (κ1) is 23.7. The second-order valence-corrected chi connectivity index (χ2v) is 9.01. The standard InChI is InChI=1S/C22H30N2O5S/c1-6-24(7-2)30(26,27)19-11-12-21(29-16(3)4)20(14-19)23-22(25)15-28-18-10-8-9-17(5)13-18/h8-14,16H,6-7,15H2,1-5H3,(H,23,25). The van der Waals surface area contributed by atoms with Crippen molar-refractivity contribution >= 4 is 21.6 Å². The molecule has 0 saturated heterocycles. The number of ether oxygens (including phenoxy) is 2. The maximum atomic E-state index is 12.9. The average molecular weight is 435 g/mol. The molecule has 0 heterocycles. The van der Waals surface area contributed by atoms with Gasteiger partial charge in [0.15, 0.2) is 6.61 Å². The highest BCUT2D eigenvalue weighted by atomic mass is 32.2. The Morgan fingerprint density at radius 1 is 1.10 bits per heavy atom. The van der Waals surface area contributed by atoms with E-state index in [9.17, 15) is 13.2 Å². The summed E-state index contributed by atoms with van der Waals surface area (Å²) in [5, 5.41) is 2.72. The number of benzene rings is 2. The molecule has 2 aromatic carbocycles. The summed E-state index contributed by atoms with van der Waals surface area (Å²) in [4.78, 5) is 12.6. The summed E-state index contributed by atoms with van der Waals surface area (Å²) >= 11 is 0. The second kappa shape index (κ2) is 10.4. The summed E-state index contributed by atoms with van der Waals surface area (Å²) in [6, 6.07) is 11.9. The Kier molecular flexibility index (Phi) is 8.25. The average Bonchev–Trinajstić information content (AvgIpc) is 2.68. The van der Waals surface area contributed by atoms with Gasteiger partial charge in [0, 0.05) is 13.1 Å². The molecule has 0 radical (unpaired) electrons.